The van der Waals surface area contributed by atoms with Gasteiger partial charge in [-0.25, -0.2) is 0 Å². The first-order valence-corrected chi connectivity index (χ1v) is 5.22. The van der Waals surface area contributed by atoms with Crippen molar-refractivity contribution in [1.82, 2.24) is 15.0 Å². The minimum atomic E-state index is -1.47. The minimum absolute atomic E-state index is 0.0394. The number of hydrogen-bond donors (Lipinski definition) is 3. The lowest BCUT2D eigenvalue weighted by molar-refractivity contribution is -0.312. The largest absolute Gasteiger partial charge is 0.368 e. The molecule has 10 nitrogen and oxygen atoms in total. The molecule has 0 spiro atoms. The summed E-state index contributed by atoms with van der Waals surface area (Å²) in [5.74, 6) is -1.48. The molecular formula is C9H18N6O4. The van der Waals surface area contributed by atoms with Crippen molar-refractivity contribution in [2.45, 2.75) is 12.2 Å². The number of ether oxygens (including phenoxy) is 4. The van der Waals surface area contributed by atoms with Gasteiger partial charge < -0.3 is 30.4 Å². The summed E-state index contributed by atoms with van der Waals surface area (Å²) in [4.78, 5) is 11.4. The van der Waals surface area contributed by atoms with Gasteiger partial charge in [0, 0.05) is 28.4 Å². The van der Waals surface area contributed by atoms with Gasteiger partial charge in [-0.3, -0.25) is 5.32 Å². The summed E-state index contributed by atoms with van der Waals surface area (Å²) in [7, 11) is 5.66. The van der Waals surface area contributed by atoms with Gasteiger partial charge in [0.15, 0.2) is 0 Å². The third kappa shape index (κ3) is 3.38. The summed E-state index contributed by atoms with van der Waals surface area (Å²) in [5.41, 5.74) is 11.0. The number of nitrogens with one attached hydrogen (secondary N) is 1. The summed E-state index contributed by atoms with van der Waals surface area (Å²) >= 11 is 0. The Morgan fingerprint density at radius 3 is 1.79 bits per heavy atom. The van der Waals surface area contributed by atoms with Crippen LogP contribution < -0.4 is 16.8 Å². The molecule has 5 N–H and O–H groups in total. The third-order valence-electron chi connectivity index (χ3n) is 2.30. The van der Waals surface area contributed by atoms with Gasteiger partial charge in [0.25, 0.3) is 0 Å². The Labute approximate surface area is 110 Å². The van der Waals surface area contributed by atoms with E-state index in [1.54, 1.807) is 0 Å². The predicted molar refractivity (Wildman–Crippen MR) is 66.8 cm³/mol. The Morgan fingerprint density at radius 2 is 1.42 bits per heavy atom. The Bertz CT molecular complexity index is 389. The molecule has 1 heterocycles. The third-order valence-corrected chi connectivity index (χ3v) is 2.30. The van der Waals surface area contributed by atoms with Gasteiger partial charge in [0.1, 0.15) is 0 Å². The van der Waals surface area contributed by atoms with Crippen LogP contribution in [0.15, 0.2) is 0 Å². The van der Waals surface area contributed by atoms with E-state index in [9.17, 15) is 0 Å². The summed E-state index contributed by atoms with van der Waals surface area (Å²) < 4.78 is 20.7. The molecule has 0 aliphatic carbocycles. The molecule has 0 unspecified atom stereocenters. The van der Waals surface area contributed by atoms with E-state index in [1.807, 2.05) is 0 Å². The van der Waals surface area contributed by atoms with Crippen LogP contribution >= 0.6 is 0 Å². The second kappa shape index (κ2) is 6.43. The lowest BCUT2D eigenvalue weighted by atomic mass is 10.4. The van der Waals surface area contributed by atoms with Crippen molar-refractivity contribution in [3.63, 3.8) is 0 Å². The van der Waals surface area contributed by atoms with Gasteiger partial charge >= 0.3 is 5.91 Å². The highest BCUT2D eigenvalue weighted by atomic mass is 16.8. The van der Waals surface area contributed by atoms with Crippen LogP contribution in [0.25, 0.3) is 0 Å². The van der Waals surface area contributed by atoms with E-state index in [0.717, 1.165) is 0 Å². The Morgan fingerprint density at radius 1 is 0.947 bits per heavy atom. The fourth-order valence-corrected chi connectivity index (χ4v) is 1.46. The van der Waals surface area contributed by atoms with Crippen LogP contribution in [0.3, 0.4) is 0 Å². The van der Waals surface area contributed by atoms with Crippen molar-refractivity contribution in [3.05, 3.63) is 0 Å². The molecule has 0 amide bonds. The monoisotopic (exact) mass is 274 g/mol. The summed E-state index contributed by atoms with van der Waals surface area (Å²) in [6.45, 7) is 0. The Kier molecular flexibility index (Phi) is 5.18. The van der Waals surface area contributed by atoms with Gasteiger partial charge in [-0.2, -0.15) is 15.0 Å². The fraction of sp³-hybridized carbons (Fsp3) is 0.667. The molecular weight excluding hydrogens is 256 g/mol. The first-order chi connectivity index (χ1) is 9.01. The van der Waals surface area contributed by atoms with E-state index in [4.69, 9.17) is 30.4 Å². The fourth-order valence-electron chi connectivity index (χ4n) is 1.46. The van der Waals surface area contributed by atoms with E-state index < -0.39 is 12.2 Å². The summed E-state index contributed by atoms with van der Waals surface area (Å²) in [5, 5.41) is 2.76. The smallest absolute Gasteiger partial charge is 0.305 e. The molecule has 0 bridgehead atoms. The molecule has 0 atom stereocenters. The van der Waals surface area contributed by atoms with Gasteiger partial charge in [-0.05, 0) is 0 Å². The van der Waals surface area contributed by atoms with Gasteiger partial charge in [-0.15, -0.1) is 0 Å². The predicted octanol–water partition coefficient (Wildman–Crippen LogP) is -0.987. The maximum Gasteiger partial charge on any atom is 0.305 e. The topological polar surface area (TPSA) is 140 Å². The zero-order chi connectivity index (χ0) is 14.5. The van der Waals surface area contributed by atoms with Crippen LogP contribution in [-0.4, -0.2) is 55.6 Å². The normalized spacial score (nSPS) is 11.8. The van der Waals surface area contributed by atoms with Gasteiger partial charge in [0.2, 0.25) is 24.1 Å². The number of nitrogens with two attached hydrogens (primary N) is 2. The molecule has 0 fully saturated rings. The summed E-state index contributed by atoms with van der Waals surface area (Å²) in [6.07, 6.45) is -0.887. The Balaban J connectivity index is 3.06. The lowest BCUT2D eigenvalue weighted by Crippen LogP contribution is -2.54. The number of rotatable bonds is 7. The van der Waals surface area contributed by atoms with Crippen molar-refractivity contribution in [2.24, 2.45) is 0 Å². The molecule has 19 heavy (non-hydrogen) atoms. The molecule has 0 aromatic carbocycles. The molecule has 0 saturated carbocycles. The molecule has 0 saturated heterocycles. The van der Waals surface area contributed by atoms with Crippen molar-refractivity contribution < 1.29 is 18.9 Å². The van der Waals surface area contributed by atoms with Crippen LogP contribution in [0.5, 0.6) is 0 Å². The number of aromatic nitrogens is 3. The minimum Gasteiger partial charge on any atom is -0.368 e. The molecule has 0 aliphatic rings. The maximum absolute atomic E-state index is 5.48. The molecule has 0 aliphatic heterocycles. The van der Waals surface area contributed by atoms with Crippen molar-refractivity contribution in [2.75, 3.05) is 45.2 Å². The van der Waals surface area contributed by atoms with Gasteiger partial charge in [-0.1, -0.05) is 0 Å². The number of nitrogens with zero attached hydrogens (tertiary/aromatic N) is 3. The van der Waals surface area contributed by atoms with Crippen LogP contribution in [-0.2, 0) is 18.9 Å². The second-order valence-corrected chi connectivity index (χ2v) is 3.38. The molecule has 1 aromatic heterocycles. The van der Waals surface area contributed by atoms with Crippen molar-refractivity contribution in [1.29, 1.82) is 0 Å². The number of nitrogen functional groups attached to an aromatic ring is 2. The molecule has 108 valence electrons. The van der Waals surface area contributed by atoms with E-state index in [-0.39, 0.29) is 17.8 Å². The van der Waals surface area contributed by atoms with E-state index in [1.165, 1.54) is 28.4 Å². The lowest BCUT2D eigenvalue weighted by Gasteiger charge is -2.35. The highest BCUT2D eigenvalue weighted by Gasteiger charge is 2.42. The van der Waals surface area contributed by atoms with Crippen molar-refractivity contribution >= 4 is 17.8 Å². The quantitative estimate of drug-likeness (QED) is 0.531. The maximum atomic E-state index is 5.48. The highest BCUT2D eigenvalue weighted by Crippen LogP contribution is 2.21. The zero-order valence-corrected chi connectivity index (χ0v) is 11.2. The number of hydrogen-bond acceptors (Lipinski definition) is 10. The average Bonchev–Trinajstić information content (AvgIpc) is 2.37. The first-order valence-electron chi connectivity index (χ1n) is 5.22. The summed E-state index contributed by atoms with van der Waals surface area (Å²) in [6, 6.07) is 0. The van der Waals surface area contributed by atoms with Crippen LogP contribution in [0.2, 0.25) is 0 Å². The van der Waals surface area contributed by atoms with E-state index in [0.29, 0.717) is 0 Å². The van der Waals surface area contributed by atoms with Crippen LogP contribution in [0.4, 0.5) is 17.8 Å². The SMILES string of the molecule is COC(OC)C(Nc1nc(N)nc(N)n1)(OC)OC. The molecule has 10 heteroatoms. The van der Waals surface area contributed by atoms with Crippen LogP contribution in [0.1, 0.15) is 0 Å². The first kappa shape index (κ1) is 15.3. The van der Waals surface area contributed by atoms with Gasteiger partial charge in [0.05, 0.1) is 0 Å². The standard InChI is InChI=1S/C9H18N6O4/c1-16-5(17-2)9(18-3,19-4)15-8-13-6(10)12-7(11)14-8/h5H,1-4H3,(H5,10,11,12,13,14,15). The van der Waals surface area contributed by atoms with E-state index in [2.05, 4.69) is 20.3 Å². The molecule has 1 rings (SSSR count). The van der Waals surface area contributed by atoms with Crippen molar-refractivity contribution in [3.8, 4) is 0 Å². The van der Waals surface area contributed by atoms with E-state index >= 15 is 0 Å². The highest BCUT2D eigenvalue weighted by molar-refractivity contribution is 5.38. The number of methoxy groups -OCH3 is 4. The second-order valence-electron chi connectivity index (χ2n) is 3.38. The molecule has 1 aromatic rings. The Hall–Kier alpha value is -1.75. The zero-order valence-electron chi connectivity index (χ0n) is 11.2. The van der Waals surface area contributed by atoms with Crippen LogP contribution in [0, 0.1) is 0 Å². The number of anilines is 3. The molecule has 0 radical (unpaired) electrons. The average molecular weight is 274 g/mol.